The van der Waals surface area contributed by atoms with Crippen LogP contribution in [0, 0.1) is 12.3 Å². The lowest BCUT2D eigenvalue weighted by Crippen LogP contribution is -2.22. The summed E-state index contributed by atoms with van der Waals surface area (Å²) in [5.41, 5.74) is 2.25. The number of fused-ring (bicyclic) bond motifs is 1. The molecule has 2 rings (SSSR count). The molecule has 0 aliphatic heterocycles. The van der Waals surface area contributed by atoms with Crippen LogP contribution in [0.15, 0.2) is 24.3 Å². The predicted molar refractivity (Wildman–Crippen MR) is 75.2 cm³/mol. The number of aromatic nitrogens is 2. The average molecular weight is 241 g/mol. The highest BCUT2D eigenvalue weighted by molar-refractivity contribution is 5.81. The smallest absolute Gasteiger partial charge is 0.0841 e. The zero-order chi connectivity index (χ0) is 13.0. The molecule has 18 heavy (non-hydrogen) atoms. The van der Waals surface area contributed by atoms with Gasteiger partial charge in [-0.05, 0) is 6.07 Å². The normalized spacial score (nSPS) is 11.0. The van der Waals surface area contributed by atoms with Gasteiger partial charge in [0.1, 0.15) is 0 Å². The molecule has 0 spiro atoms. The van der Waals surface area contributed by atoms with Gasteiger partial charge in [-0.3, -0.25) is 4.68 Å². The first kappa shape index (κ1) is 12.7. The van der Waals surface area contributed by atoms with E-state index in [9.17, 15) is 0 Å². The molecule has 3 nitrogen and oxygen atoms in total. The van der Waals surface area contributed by atoms with Gasteiger partial charge in [-0.25, -0.2) is 0 Å². The van der Waals surface area contributed by atoms with E-state index in [2.05, 4.69) is 48.4 Å². The number of benzene rings is 1. The number of para-hydroxylation sites is 1. The van der Waals surface area contributed by atoms with E-state index >= 15 is 0 Å². The Balaban J connectivity index is 2.32. The maximum absolute atomic E-state index is 5.32. The Morgan fingerprint density at radius 2 is 2.17 bits per heavy atom. The molecule has 1 heterocycles. The maximum Gasteiger partial charge on any atom is 0.0841 e. The molecule has 1 N–H and O–H groups in total. The molecule has 3 heteroatoms. The van der Waals surface area contributed by atoms with E-state index in [0.717, 1.165) is 24.3 Å². The van der Waals surface area contributed by atoms with Crippen molar-refractivity contribution in [1.82, 2.24) is 15.1 Å². The minimum atomic E-state index is 0.458. The van der Waals surface area contributed by atoms with E-state index < -0.39 is 0 Å². The van der Waals surface area contributed by atoms with Gasteiger partial charge in [-0.2, -0.15) is 5.10 Å². The Morgan fingerprint density at radius 1 is 1.39 bits per heavy atom. The molecule has 0 unspecified atom stereocenters. The van der Waals surface area contributed by atoms with Crippen molar-refractivity contribution in [3.05, 3.63) is 30.0 Å². The standard InChI is InChI=1S/C15H19N3/c1-4-5-10-18-15-9-7-6-8-13(15)14(17-18)11-16-12(2)3/h1,6-9,12,16H,5,10-11H2,2-3H3. The molecular weight excluding hydrogens is 222 g/mol. The Kier molecular flexibility index (Phi) is 4.01. The van der Waals surface area contributed by atoms with Crippen molar-refractivity contribution >= 4 is 10.9 Å². The second kappa shape index (κ2) is 5.70. The Labute approximate surface area is 108 Å². The predicted octanol–water partition coefficient (Wildman–Crippen LogP) is 2.56. The molecule has 0 fully saturated rings. The summed E-state index contributed by atoms with van der Waals surface area (Å²) in [6, 6.07) is 8.76. The van der Waals surface area contributed by atoms with Crippen LogP contribution in [-0.2, 0) is 13.1 Å². The van der Waals surface area contributed by atoms with E-state index in [1.54, 1.807) is 0 Å². The van der Waals surface area contributed by atoms with E-state index in [4.69, 9.17) is 6.42 Å². The fourth-order valence-corrected chi connectivity index (χ4v) is 1.97. The fourth-order valence-electron chi connectivity index (χ4n) is 1.97. The summed E-state index contributed by atoms with van der Waals surface area (Å²) in [5.74, 6) is 2.66. The van der Waals surface area contributed by atoms with Crippen molar-refractivity contribution in [3.63, 3.8) is 0 Å². The molecule has 2 aromatic rings. The Bertz CT molecular complexity index is 561. The first-order chi connectivity index (χ1) is 8.72. The zero-order valence-electron chi connectivity index (χ0n) is 11.0. The van der Waals surface area contributed by atoms with Crippen molar-refractivity contribution in [1.29, 1.82) is 0 Å². The topological polar surface area (TPSA) is 29.9 Å². The lowest BCUT2D eigenvalue weighted by Gasteiger charge is -2.05. The first-order valence-electron chi connectivity index (χ1n) is 6.33. The first-order valence-corrected chi connectivity index (χ1v) is 6.33. The van der Waals surface area contributed by atoms with Crippen LogP contribution in [0.25, 0.3) is 10.9 Å². The molecule has 0 atom stereocenters. The van der Waals surface area contributed by atoms with Crippen LogP contribution in [-0.4, -0.2) is 15.8 Å². The number of hydrogen-bond donors (Lipinski definition) is 1. The number of nitrogens with one attached hydrogen (secondary N) is 1. The Hall–Kier alpha value is -1.79. The van der Waals surface area contributed by atoms with Crippen LogP contribution < -0.4 is 5.32 Å². The van der Waals surface area contributed by atoms with Crippen LogP contribution in [0.2, 0.25) is 0 Å². The summed E-state index contributed by atoms with van der Waals surface area (Å²) in [6.07, 6.45) is 6.03. The van der Waals surface area contributed by atoms with E-state index in [0.29, 0.717) is 12.5 Å². The number of nitrogens with zero attached hydrogens (tertiary/aromatic N) is 2. The van der Waals surface area contributed by atoms with Gasteiger partial charge < -0.3 is 5.32 Å². The Morgan fingerprint density at radius 3 is 2.89 bits per heavy atom. The second-order valence-corrected chi connectivity index (χ2v) is 4.68. The third-order valence-corrected chi connectivity index (χ3v) is 2.88. The van der Waals surface area contributed by atoms with Crippen molar-refractivity contribution in [2.24, 2.45) is 0 Å². The summed E-state index contributed by atoms with van der Waals surface area (Å²) in [7, 11) is 0. The molecule has 1 aromatic heterocycles. The molecule has 0 radical (unpaired) electrons. The molecule has 0 bridgehead atoms. The van der Waals surface area contributed by atoms with Crippen molar-refractivity contribution < 1.29 is 0 Å². The SMILES string of the molecule is C#CCCn1nc(CNC(C)C)c2ccccc21. The lowest BCUT2D eigenvalue weighted by atomic mass is 10.2. The lowest BCUT2D eigenvalue weighted by molar-refractivity contribution is 0.567. The fraction of sp³-hybridized carbons (Fsp3) is 0.400. The van der Waals surface area contributed by atoms with Crippen molar-refractivity contribution in [2.75, 3.05) is 0 Å². The summed E-state index contributed by atoms with van der Waals surface area (Å²) < 4.78 is 2.01. The van der Waals surface area contributed by atoms with Crippen LogP contribution in [0.4, 0.5) is 0 Å². The van der Waals surface area contributed by atoms with Gasteiger partial charge in [0.25, 0.3) is 0 Å². The van der Waals surface area contributed by atoms with Crippen LogP contribution in [0.5, 0.6) is 0 Å². The summed E-state index contributed by atoms with van der Waals surface area (Å²) in [5, 5.41) is 9.28. The molecule has 0 saturated heterocycles. The molecule has 1 aromatic carbocycles. The number of hydrogen-bond acceptors (Lipinski definition) is 2. The molecular formula is C15H19N3. The van der Waals surface area contributed by atoms with Crippen LogP contribution in [0.1, 0.15) is 26.0 Å². The van der Waals surface area contributed by atoms with Gasteiger partial charge in [-0.15, -0.1) is 12.3 Å². The van der Waals surface area contributed by atoms with Crippen LogP contribution >= 0.6 is 0 Å². The maximum atomic E-state index is 5.32. The highest BCUT2D eigenvalue weighted by atomic mass is 15.3. The second-order valence-electron chi connectivity index (χ2n) is 4.68. The van der Waals surface area contributed by atoms with E-state index in [1.165, 1.54) is 5.39 Å². The van der Waals surface area contributed by atoms with Crippen LogP contribution in [0.3, 0.4) is 0 Å². The molecule has 0 amide bonds. The molecule has 0 aliphatic carbocycles. The quantitative estimate of drug-likeness (QED) is 0.815. The van der Waals surface area contributed by atoms with E-state index in [-0.39, 0.29) is 0 Å². The number of rotatable bonds is 5. The largest absolute Gasteiger partial charge is 0.309 e. The van der Waals surface area contributed by atoms with Crippen molar-refractivity contribution in [2.45, 2.75) is 39.4 Å². The highest BCUT2D eigenvalue weighted by Crippen LogP contribution is 2.18. The van der Waals surface area contributed by atoms with Gasteiger partial charge >= 0.3 is 0 Å². The van der Waals surface area contributed by atoms with Crippen molar-refractivity contribution in [3.8, 4) is 12.3 Å². The number of aryl methyl sites for hydroxylation is 1. The van der Waals surface area contributed by atoms with E-state index in [1.807, 2.05) is 10.7 Å². The summed E-state index contributed by atoms with van der Waals surface area (Å²) in [6.45, 7) is 5.84. The van der Waals surface area contributed by atoms with Gasteiger partial charge in [0.05, 0.1) is 17.8 Å². The zero-order valence-corrected chi connectivity index (χ0v) is 11.0. The summed E-state index contributed by atoms with van der Waals surface area (Å²) in [4.78, 5) is 0. The highest BCUT2D eigenvalue weighted by Gasteiger charge is 2.09. The minimum Gasteiger partial charge on any atom is -0.309 e. The summed E-state index contributed by atoms with van der Waals surface area (Å²) >= 11 is 0. The molecule has 0 aliphatic rings. The third-order valence-electron chi connectivity index (χ3n) is 2.88. The van der Waals surface area contributed by atoms with Gasteiger partial charge in [0, 0.05) is 24.4 Å². The van der Waals surface area contributed by atoms with Gasteiger partial charge in [0.2, 0.25) is 0 Å². The minimum absolute atomic E-state index is 0.458. The van der Waals surface area contributed by atoms with Gasteiger partial charge in [-0.1, -0.05) is 32.0 Å². The monoisotopic (exact) mass is 241 g/mol. The van der Waals surface area contributed by atoms with Gasteiger partial charge in [0.15, 0.2) is 0 Å². The molecule has 0 saturated carbocycles. The number of terminal acetylenes is 1. The molecule has 94 valence electrons. The average Bonchev–Trinajstić information content (AvgIpc) is 2.72. The third kappa shape index (κ3) is 2.72.